The standard InChI is InChI=1S/C28H28ClN3O2/c1-28(2,3)34-27(33)32(19-20-10-5-4-6-11-20)25-18-23(30-26(29)31-25)17-16-22-14-9-13-21-12-7-8-15-24(21)22/h4-15,18H,16-17,19H2,1-3H3. The Morgan fingerprint density at radius 1 is 0.912 bits per heavy atom. The van der Waals surface area contributed by atoms with E-state index in [2.05, 4.69) is 40.3 Å². The van der Waals surface area contributed by atoms with Gasteiger partial charge in [-0.2, -0.15) is 0 Å². The molecule has 0 unspecified atom stereocenters. The van der Waals surface area contributed by atoms with Crippen LogP contribution in [0.25, 0.3) is 10.8 Å². The molecule has 5 nitrogen and oxygen atoms in total. The van der Waals surface area contributed by atoms with E-state index >= 15 is 0 Å². The first-order chi connectivity index (χ1) is 16.3. The minimum atomic E-state index is -0.639. The molecule has 0 aliphatic rings. The van der Waals surface area contributed by atoms with Gasteiger partial charge in [-0.3, -0.25) is 4.90 Å². The summed E-state index contributed by atoms with van der Waals surface area (Å²) in [4.78, 5) is 23.4. The van der Waals surface area contributed by atoms with Gasteiger partial charge in [-0.15, -0.1) is 0 Å². The van der Waals surface area contributed by atoms with Gasteiger partial charge in [0.25, 0.3) is 0 Å². The highest BCUT2D eigenvalue weighted by Crippen LogP contribution is 2.24. The Kier molecular flexibility index (Phi) is 7.13. The lowest BCUT2D eigenvalue weighted by Gasteiger charge is -2.27. The first kappa shape index (κ1) is 23.7. The molecule has 0 spiro atoms. The number of aromatic nitrogens is 2. The molecule has 174 valence electrons. The number of ether oxygens (including phenoxy) is 1. The zero-order valence-corrected chi connectivity index (χ0v) is 20.4. The molecule has 0 saturated carbocycles. The smallest absolute Gasteiger partial charge is 0.416 e. The largest absolute Gasteiger partial charge is 0.443 e. The molecule has 0 bridgehead atoms. The van der Waals surface area contributed by atoms with E-state index < -0.39 is 11.7 Å². The summed E-state index contributed by atoms with van der Waals surface area (Å²) < 4.78 is 5.67. The van der Waals surface area contributed by atoms with Crippen LogP contribution >= 0.6 is 11.6 Å². The number of rotatable bonds is 6. The fourth-order valence-electron chi connectivity index (χ4n) is 3.81. The van der Waals surface area contributed by atoms with Crippen molar-refractivity contribution in [1.29, 1.82) is 0 Å². The third kappa shape index (κ3) is 6.12. The van der Waals surface area contributed by atoms with Gasteiger partial charge in [-0.05, 0) is 67.1 Å². The van der Waals surface area contributed by atoms with Crippen LogP contribution in [-0.4, -0.2) is 21.7 Å². The molecule has 0 aliphatic carbocycles. The van der Waals surface area contributed by atoms with Crippen molar-refractivity contribution in [3.8, 4) is 0 Å². The monoisotopic (exact) mass is 473 g/mol. The topological polar surface area (TPSA) is 55.3 Å². The van der Waals surface area contributed by atoms with E-state index in [1.165, 1.54) is 21.2 Å². The van der Waals surface area contributed by atoms with Crippen LogP contribution in [-0.2, 0) is 24.1 Å². The van der Waals surface area contributed by atoms with Gasteiger partial charge in [-0.25, -0.2) is 14.8 Å². The summed E-state index contributed by atoms with van der Waals surface area (Å²) in [6, 6.07) is 26.2. The Morgan fingerprint density at radius 3 is 2.38 bits per heavy atom. The van der Waals surface area contributed by atoms with E-state index in [9.17, 15) is 4.79 Å². The first-order valence-electron chi connectivity index (χ1n) is 11.3. The zero-order chi connectivity index (χ0) is 24.1. The van der Waals surface area contributed by atoms with Crippen LogP contribution in [0, 0.1) is 0 Å². The number of benzene rings is 3. The van der Waals surface area contributed by atoms with Gasteiger partial charge in [0, 0.05) is 11.8 Å². The third-order valence-electron chi connectivity index (χ3n) is 5.34. The van der Waals surface area contributed by atoms with Crippen molar-refractivity contribution in [1.82, 2.24) is 9.97 Å². The molecule has 0 fully saturated rings. The summed E-state index contributed by atoms with van der Waals surface area (Å²) in [6.45, 7) is 5.84. The predicted molar refractivity (Wildman–Crippen MR) is 137 cm³/mol. The quantitative estimate of drug-likeness (QED) is 0.282. The molecular weight excluding hydrogens is 446 g/mol. The van der Waals surface area contributed by atoms with Crippen LogP contribution < -0.4 is 4.90 Å². The van der Waals surface area contributed by atoms with E-state index in [-0.39, 0.29) is 5.28 Å². The number of amides is 1. The average Bonchev–Trinajstić information content (AvgIpc) is 2.80. The molecule has 0 N–H and O–H groups in total. The highest BCUT2D eigenvalue weighted by Gasteiger charge is 2.25. The lowest BCUT2D eigenvalue weighted by Crippen LogP contribution is -2.37. The summed E-state index contributed by atoms with van der Waals surface area (Å²) in [6.07, 6.45) is 0.974. The number of anilines is 1. The summed E-state index contributed by atoms with van der Waals surface area (Å²) >= 11 is 6.31. The molecule has 0 saturated heterocycles. The van der Waals surface area contributed by atoms with Gasteiger partial charge in [0.2, 0.25) is 5.28 Å². The van der Waals surface area contributed by atoms with Gasteiger partial charge in [0.15, 0.2) is 0 Å². The van der Waals surface area contributed by atoms with Crippen molar-refractivity contribution >= 4 is 34.3 Å². The highest BCUT2D eigenvalue weighted by molar-refractivity contribution is 6.28. The van der Waals surface area contributed by atoms with Gasteiger partial charge in [-0.1, -0.05) is 72.8 Å². The van der Waals surface area contributed by atoms with Gasteiger partial charge in [0.05, 0.1) is 6.54 Å². The van der Waals surface area contributed by atoms with E-state index in [0.29, 0.717) is 18.8 Å². The molecule has 1 amide bonds. The second-order valence-electron chi connectivity index (χ2n) is 9.18. The molecule has 1 heterocycles. The third-order valence-corrected chi connectivity index (χ3v) is 5.51. The van der Waals surface area contributed by atoms with Gasteiger partial charge >= 0.3 is 6.09 Å². The number of hydrogen-bond donors (Lipinski definition) is 0. The zero-order valence-electron chi connectivity index (χ0n) is 19.7. The maximum absolute atomic E-state index is 13.1. The number of aryl methyl sites for hydroxylation is 2. The molecule has 4 rings (SSSR count). The van der Waals surface area contributed by atoms with Crippen molar-refractivity contribution in [2.75, 3.05) is 4.90 Å². The Hall–Kier alpha value is -3.44. The number of hydrogen-bond acceptors (Lipinski definition) is 4. The number of fused-ring (bicyclic) bond motifs is 1. The lowest BCUT2D eigenvalue weighted by atomic mass is 10.00. The summed E-state index contributed by atoms with van der Waals surface area (Å²) in [7, 11) is 0. The molecule has 4 aromatic rings. The Bertz CT molecular complexity index is 1280. The fraction of sp³-hybridized carbons (Fsp3) is 0.250. The van der Waals surface area contributed by atoms with Crippen molar-refractivity contribution < 1.29 is 9.53 Å². The van der Waals surface area contributed by atoms with Crippen LogP contribution in [0.5, 0.6) is 0 Å². The SMILES string of the molecule is CC(C)(C)OC(=O)N(Cc1ccccc1)c1cc(CCc2cccc3ccccc23)nc(Cl)n1. The Labute approximate surface area is 205 Å². The highest BCUT2D eigenvalue weighted by atomic mass is 35.5. The van der Waals surface area contributed by atoms with E-state index in [0.717, 1.165) is 17.7 Å². The first-order valence-corrected chi connectivity index (χ1v) is 11.7. The molecule has 1 aromatic heterocycles. The summed E-state index contributed by atoms with van der Waals surface area (Å²) in [5.74, 6) is 0.422. The lowest BCUT2D eigenvalue weighted by molar-refractivity contribution is 0.0576. The maximum atomic E-state index is 13.1. The number of nitrogens with zero attached hydrogens (tertiary/aromatic N) is 3. The van der Waals surface area contributed by atoms with Crippen molar-refractivity contribution in [3.63, 3.8) is 0 Å². The van der Waals surface area contributed by atoms with Gasteiger partial charge in [0.1, 0.15) is 11.4 Å². The van der Waals surface area contributed by atoms with Crippen molar-refractivity contribution in [2.45, 2.75) is 45.8 Å². The minimum Gasteiger partial charge on any atom is -0.443 e. The van der Waals surface area contributed by atoms with E-state index in [4.69, 9.17) is 16.3 Å². The average molecular weight is 474 g/mol. The second kappa shape index (κ2) is 10.2. The molecule has 0 atom stereocenters. The van der Waals surface area contributed by atoms with Crippen LogP contribution in [0.3, 0.4) is 0 Å². The van der Waals surface area contributed by atoms with Crippen LogP contribution in [0.4, 0.5) is 10.6 Å². The predicted octanol–water partition coefficient (Wildman–Crippen LogP) is 7.01. The Morgan fingerprint density at radius 2 is 1.62 bits per heavy atom. The van der Waals surface area contributed by atoms with Crippen molar-refractivity contribution in [2.24, 2.45) is 0 Å². The number of carbonyl (C=O) groups excluding carboxylic acids is 1. The molecule has 3 aromatic carbocycles. The number of carbonyl (C=O) groups is 1. The van der Waals surface area contributed by atoms with Crippen molar-refractivity contribution in [3.05, 3.63) is 101 Å². The molecule has 0 aliphatic heterocycles. The molecule has 34 heavy (non-hydrogen) atoms. The maximum Gasteiger partial charge on any atom is 0.416 e. The van der Waals surface area contributed by atoms with Crippen LogP contribution in [0.15, 0.2) is 78.9 Å². The molecule has 0 radical (unpaired) electrons. The molecule has 6 heteroatoms. The normalized spacial score (nSPS) is 11.4. The van der Waals surface area contributed by atoms with E-state index in [1.807, 2.05) is 69.3 Å². The fourth-order valence-corrected chi connectivity index (χ4v) is 4.01. The second-order valence-corrected chi connectivity index (χ2v) is 9.51. The van der Waals surface area contributed by atoms with Gasteiger partial charge < -0.3 is 4.74 Å². The van der Waals surface area contributed by atoms with E-state index in [1.54, 1.807) is 0 Å². The Balaban J connectivity index is 1.62. The van der Waals surface area contributed by atoms with Crippen LogP contribution in [0.2, 0.25) is 5.28 Å². The minimum absolute atomic E-state index is 0.104. The number of halogens is 1. The summed E-state index contributed by atoms with van der Waals surface area (Å²) in [5.41, 5.74) is 2.33. The van der Waals surface area contributed by atoms with Crippen LogP contribution in [0.1, 0.15) is 37.6 Å². The summed E-state index contributed by atoms with van der Waals surface area (Å²) in [5, 5.41) is 2.54. The molecular formula is C28H28ClN3O2.